The first kappa shape index (κ1) is 9.46. The number of furan rings is 1. The van der Waals surface area contributed by atoms with Gasteiger partial charge in [0, 0.05) is 10.8 Å². The molecule has 106 valence electrons. The summed E-state index contributed by atoms with van der Waals surface area (Å²) in [5.41, 5.74) is 1.41. The van der Waals surface area contributed by atoms with Gasteiger partial charge in [-0.1, -0.05) is 48.4 Å². The molecule has 0 aliphatic heterocycles. The predicted octanol–water partition coefficient (Wildman–Crippen LogP) is 2.93. The zero-order chi connectivity index (χ0) is 18.6. The minimum atomic E-state index is -2.07. The maximum Gasteiger partial charge on any atom is 0.488 e. The fourth-order valence-electron chi connectivity index (χ4n) is 2.48. The Morgan fingerprint density at radius 3 is 2.32 bits per heavy atom. The zero-order valence-electron chi connectivity index (χ0n) is 15.4. The summed E-state index contributed by atoms with van der Waals surface area (Å²) >= 11 is 0. The Labute approximate surface area is 133 Å². The second-order valence-corrected chi connectivity index (χ2v) is 4.97. The lowest BCUT2D eigenvalue weighted by atomic mass is 9.80. The minimum absolute atomic E-state index is 0.0896. The maximum atomic E-state index is 9.35. The largest absolute Gasteiger partial charge is 0.488 e. The van der Waals surface area contributed by atoms with Crippen LogP contribution in [0.4, 0.5) is 0 Å². The van der Waals surface area contributed by atoms with E-state index in [1.54, 1.807) is 12.1 Å². The second-order valence-electron chi connectivity index (χ2n) is 4.97. The molecular weight excluding hydrogens is 275 g/mol. The van der Waals surface area contributed by atoms with E-state index in [4.69, 9.17) is 9.90 Å². The van der Waals surface area contributed by atoms with Crippen LogP contribution in [0.25, 0.3) is 33.1 Å². The van der Waals surface area contributed by atoms with Gasteiger partial charge >= 0.3 is 7.12 Å². The molecule has 4 aromatic rings. The van der Waals surface area contributed by atoms with Crippen LogP contribution in [-0.2, 0) is 0 Å². The average molecular weight is 292 g/mol. The second kappa shape index (κ2) is 5.02. The van der Waals surface area contributed by atoms with Gasteiger partial charge in [0.1, 0.15) is 11.2 Å². The summed E-state index contributed by atoms with van der Waals surface area (Å²) in [5.74, 6) is 0. The molecule has 0 fully saturated rings. The molecule has 0 aliphatic carbocycles. The molecule has 4 heteroatoms. The van der Waals surface area contributed by atoms with Crippen LogP contribution in [0.5, 0.6) is 0 Å². The molecule has 1 aromatic heterocycles. The quantitative estimate of drug-likeness (QED) is 0.558. The molecule has 22 heavy (non-hydrogen) atoms. The van der Waals surface area contributed by atoms with Crippen molar-refractivity contribution in [3.8, 4) is 11.1 Å². The summed E-state index contributed by atoms with van der Waals surface area (Å²) in [6.45, 7) is 0. The molecule has 0 aliphatic rings. The summed E-state index contributed by atoms with van der Waals surface area (Å²) in [7, 11) is -2.07. The van der Waals surface area contributed by atoms with Gasteiger partial charge in [-0.25, -0.2) is 0 Å². The molecule has 0 saturated carbocycles. The molecule has 2 N–H and O–H groups in total. The van der Waals surface area contributed by atoms with Crippen molar-refractivity contribution in [2.24, 2.45) is 0 Å². The molecule has 0 radical (unpaired) electrons. The summed E-state index contributed by atoms with van der Waals surface area (Å²) in [6.07, 6.45) is 0. The Morgan fingerprint density at radius 2 is 1.55 bits per heavy atom. The lowest BCUT2D eigenvalue weighted by molar-refractivity contribution is 0.426. The van der Waals surface area contributed by atoms with Crippen LogP contribution in [0.3, 0.4) is 0 Å². The van der Waals surface area contributed by atoms with E-state index < -0.39 is 24.7 Å². The van der Waals surface area contributed by atoms with E-state index in [1.807, 2.05) is 30.3 Å². The first-order chi connectivity index (χ1) is 12.4. The number of para-hydroxylation sites is 1. The van der Waals surface area contributed by atoms with E-state index >= 15 is 0 Å². The van der Waals surface area contributed by atoms with Crippen molar-refractivity contribution in [1.82, 2.24) is 0 Å². The van der Waals surface area contributed by atoms with Gasteiger partial charge in [-0.3, -0.25) is 0 Å². The summed E-state index contributed by atoms with van der Waals surface area (Å²) in [5, 5.41) is 20.5. The standard InChI is InChI=1S/C18H13BO3/c20-19(21)14-8-5-12(6-9-14)13-7-10-16-15-3-1-2-4-17(15)22-18(16)11-13/h1-11,20-21H/i5D,6D,8D,9D. The summed E-state index contributed by atoms with van der Waals surface area (Å²) in [4.78, 5) is 0. The minimum Gasteiger partial charge on any atom is -0.456 e. The van der Waals surface area contributed by atoms with Gasteiger partial charge < -0.3 is 14.5 Å². The average Bonchev–Trinajstić information content (AvgIpc) is 2.98. The number of fused-ring (bicyclic) bond motifs is 3. The van der Waals surface area contributed by atoms with Gasteiger partial charge in [0.25, 0.3) is 0 Å². The Balaban J connectivity index is 1.99. The van der Waals surface area contributed by atoms with Crippen molar-refractivity contribution in [2.45, 2.75) is 0 Å². The summed E-state index contributed by atoms with van der Waals surface area (Å²) < 4.78 is 38.1. The lowest BCUT2D eigenvalue weighted by Crippen LogP contribution is -2.29. The number of hydrogen-bond donors (Lipinski definition) is 2. The van der Waals surface area contributed by atoms with Crippen molar-refractivity contribution in [3.05, 3.63) is 66.6 Å². The first-order valence-electron chi connectivity index (χ1n) is 8.78. The normalized spacial score (nSPS) is 13.7. The van der Waals surface area contributed by atoms with Crippen molar-refractivity contribution in [3.63, 3.8) is 0 Å². The predicted molar refractivity (Wildman–Crippen MR) is 89.0 cm³/mol. The highest BCUT2D eigenvalue weighted by atomic mass is 16.4. The molecule has 0 unspecified atom stereocenters. The van der Waals surface area contributed by atoms with E-state index in [0.717, 1.165) is 16.4 Å². The van der Waals surface area contributed by atoms with Gasteiger partial charge in [0.15, 0.2) is 0 Å². The van der Waals surface area contributed by atoms with Gasteiger partial charge in [-0.2, -0.15) is 0 Å². The first-order valence-corrected chi connectivity index (χ1v) is 6.78. The van der Waals surface area contributed by atoms with E-state index in [-0.39, 0.29) is 17.6 Å². The smallest absolute Gasteiger partial charge is 0.456 e. The van der Waals surface area contributed by atoms with Crippen LogP contribution in [-0.4, -0.2) is 17.2 Å². The highest BCUT2D eigenvalue weighted by molar-refractivity contribution is 6.58. The molecule has 1 heterocycles. The zero-order valence-corrected chi connectivity index (χ0v) is 11.4. The third kappa shape index (κ3) is 2.10. The van der Waals surface area contributed by atoms with Gasteiger partial charge in [-0.15, -0.1) is 0 Å². The monoisotopic (exact) mass is 292 g/mol. The van der Waals surface area contributed by atoms with E-state index in [0.29, 0.717) is 11.1 Å². The van der Waals surface area contributed by atoms with Gasteiger partial charge in [0.05, 0.1) is 5.48 Å². The van der Waals surface area contributed by atoms with Crippen molar-refractivity contribution >= 4 is 34.5 Å². The van der Waals surface area contributed by atoms with Crippen molar-refractivity contribution < 1.29 is 19.9 Å². The summed E-state index contributed by atoms with van der Waals surface area (Å²) in [6, 6.07) is 11.2. The molecule has 4 rings (SSSR count). The number of benzene rings is 3. The van der Waals surface area contributed by atoms with Gasteiger partial charge in [0.2, 0.25) is 0 Å². The Bertz CT molecular complexity index is 1140. The third-order valence-corrected chi connectivity index (χ3v) is 3.57. The Kier molecular flexibility index (Phi) is 2.16. The molecule has 0 bridgehead atoms. The van der Waals surface area contributed by atoms with Crippen LogP contribution in [0.1, 0.15) is 5.48 Å². The molecule has 3 nitrogen and oxygen atoms in total. The highest BCUT2D eigenvalue weighted by Crippen LogP contribution is 2.31. The maximum absolute atomic E-state index is 9.35. The number of hydrogen-bond acceptors (Lipinski definition) is 3. The van der Waals surface area contributed by atoms with Crippen LogP contribution < -0.4 is 5.46 Å². The van der Waals surface area contributed by atoms with Gasteiger partial charge in [-0.05, 0) is 34.8 Å². The SMILES string of the molecule is [2H]c1c([2H])c(-c2ccc3c(c2)oc2ccccc23)c([2H])c([2H])c1B(O)O. The third-order valence-electron chi connectivity index (χ3n) is 3.57. The number of rotatable bonds is 2. The molecular formula is C18H13BO3. The van der Waals surface area contributed by atoms with Crippen LogP contribution in [0.2, 0.25) is 0 Å². The molecule has 3 aromatic carbocycles. The Hall–Kier alpha value is -2.56. The molecule has 0 saturated heterocycles. The Morgan fingerprint density at radius 1 is 0.818 bits per heavy atom. The van der Waals surface area contributed by atoms with Crippen LogP contribution in [0, 0.1) is 0 Å². The fourth-order valence-corrected chi connectivity index (χ4v) is 2.48. The van der Waals surface area contributed by atoms with E-state index in [2.05, 4.69) is 0 Å². The van der Waals surface area contributed by atoms with Crippen molar-refractivity contribution in [2.75, 3.05) is 0 Å². The molecule has 0 amide bonds. The molecule has 0 atom stereocenters. The van der Waals surface area contributed by atoms with E-state index in [9.17, 15) is 10.0 Å². The highest BCUT2D eigenvalue weighted by Gasteiger charge is 2.11. The lowest BCUT2D eigenvalue weighted by Gasteiger charge is -2.04. The molecule has 0 spiro atoms. The topological polar surface area (TPSA) is 53.6 Å². The fraction of sp³-hybridized carbons (Fsp3) is 0. The van der Waals surface area contributed by atoms with Crippen molar-refractivity contribution in [1.29, 1.82) is 0 Å². The van der Waals surface area contributed by atoms with Crippen LogP contribution >= 0.6 is 0 Å². The van der Waals surface area contributed by atoms with E-state index in [1.165, 1.54) is 0 Å². The van der Waals surface area contributed by atoms with Crippen LogP contribution in [0.15, 0.2) is 71.1 Å².